The molecule has 0 bridgehead atoms. The summed E-state index contributed by atoms with van der Waals surface area (Å²) in [6, 6.07) is 11.6. The van der Waals surface area contributed by atoms with E-state index in [-0.39, 0.29) is 0 Å². The number of hydrogen-bond acceptors (Lipinski definition) is 4. The molecule has 0 unspecified atom stereocenters. The Bertz CT molecular complexity index is 661. The number of amides is 2. The highest BCUT2D eigenvalue weighted by molar-refractivity contribution is 6.04. The molecule has 0 atom stereocenters. The molecule has 2 aromatic rings. The van der Waals surface area contributed by atoms with Crippen molar-refractivity contribution in [2.24, 2.45) is 7.05 Å². The lowest BCUT2D eigenvalue weighted by Gasteiger charge is -2.06. The van der Waals surface area contributed by atoms with Gasteiger partial charge in [0.05, 0.1) is 5.56 Å². The van der Waals surface area contributed by atoms with Crippen LogP contribution in [0.15, 0.2) is 48.7 Å². The quantitative estimate of drug-likeness (QED) is 0.855. The monoisotopic (exact) mass is 286 g/mol. The zero-order chi connectivity index (χ0) is 15.2. The van der Waals surface area contributed by atoms with Gasteiger partial charge >= 0.3 is 5.97 Å². The van der Waals surface area contributed by atoms with Gasteiger partial charge in [0.15, 0.2) is 6.61 Å². The first-order valence-electron chi connectivity index (χ1n) is 6.25. The smallest absolute Gasteiger partial charge is 0.338 e. The van der Waals surface area contributed by atoms with Crippen LogP contribution in [0.3, 0.4) is 0 Å². The molecule has 0 spiro atoms. The number of esters is 1. The largest absolute Gasteiger partial charge is 0.452 e. The first-order chi connectivity index (χ1) is 10.1. The van der Waals surface area contributed by atoms with E-state index in [2.05, 4.69) is 5.32 Å². The predicted molar refractivity (Wildman–Crippen MR) is 74.6 cm³/mol. The van der Waals surface area contributed by atoms with Gasteiger partial charge in [0.1, 0.15) is 5.69 Å². The molecule has 0 saturated heterocycles. The first kappa shape index (κ1) is 14.5. The summed E-state index contributed by atoms with van der Waals surface area (Å²) in [5.74, 6) is -1.83. The van der Waals surface area contributed by atoms with Crippen molar-refractivity contribution in [3.8, 4) is 0 Å². The maximum Gasteiger partial charge on any atom is 0.338 e. The lowest BCUT2D eigenvalue weighted by atomic mass is 10.2. The lowest BCUT2D eigenvalue weighted by Crippen LogP contribution is -2.35. The molecule has 1 N–H and O–H groups in total. The van der Waals surface area contributed by atoms with Gasteiger partial charge in [0, 0.05) is 13.2 Å². The van der Waals surface area contributed by atoms with Gasteiger partial charge in [-0.05, 0) is 24.3 Å². The average Bonchev–Trinajstić information content (AvgIpc) is 2.92. The summed E-state index contributed by atoms with van der Waals surface area (Å²) in [5.41, 5.74) is 0.691. The van der Waals surface area contributed by atoms with Gasteiger partial charge in [-0.25, -0.2) is 4.79 Å². The summed E-state index contributed by atoms with van der Waals surface area (Å²) < 4.78 is 6.41. The summed E-state index contributed by atoms with van der Waals surface area (Å²) in [6.45, 7) is -0.510. The Hall–Kier alpha value is -2.89. The van der Waals surface area contributed by atoms with E-state index >= 15 is 0 Å². The Kier molecular flexibility index (Phi) is 4.50. The lowest BCUT2D eigenvalue weighted by molar-refractivity contribution is -0.123. The van der Waals surface area contributed by atoms with Gasteiger partial charge in [0.25, 0.3) is 11.8 Å². The number of hydrogen-bond donors (Lipinski definition) is 1. The number of aryl methyl sites for hydroxylation is 1. The maximum absolute atomic E-state index is 11.8. The molecule has 2 amide bonds. The van der Waals surface area contributed by atoms with Crippen LogP contribution >= 0.6 is 0 Å². The second-order valence-corrected chi connectivity index (χ2v) is 4.32. The molecule has 0 fully saturated rings. The van der Waals surface area contributed by atoms with Crippen molar-refractivity contribution in [3.63, 3.8) is 0 Å². The maximum atomic E-state index is 11.8. The number of rotatable bonds is 4. The van der Waals surface area contributed by atoms with Crippen LogP contribution in [-0.4, -0.2) is 29.0 Å². The Labute approximate surface area is 121 Å². The van der Waals surface area contributed by atoms with Crippen LogP contribution in [0.25, 0.3) is 0 Å². The molecule has 1 heterocycles. The third kappa shape index (κ3) is 3.79. The van der Waals surface area contributed by atoms with Gasteiger partial charge in [-0.2, -0.15) is 0 Å². The second kappa shape index (κ2) is 6.51. The van der Waals surface area contributed by atoms with E-state index in [0.29, 0.717) is 11.3 Å². The van der Waals surface area contributed by atoms with Crippen molar-refractivity contribution in [1.82, 2.24) is 9.88 Å². The van der Waals surface area contributed by atoms with Crippen molar-refractivity contribution in [1.29, 1.82) is 0 Å². The molecule has 0 aliphatic heterocycles. The molecule has 0 aliphatic rings. The van der Waals surface area contributed by atoms with Crippen LogP contribution in [-0.2, 0) is 16.6 Å². The highest BCUT2D eigenvalue weighted by Crippen LogP contribution is 2.01. The molecule has 0 saturated carbocycles. The number of benzene rings is 1. The molecule has 0 aliphatic carbocycles. The molecule has 1 aromatic heterocycles. The van der Waals surface area contributed by atoms with E-state index in [4.69, 9.17) is 4.74 Å². The molecule has 6 heteroatoms. The van der Waals surface area contributed by atoms with Crippen LogP contribution in [0, 0.1) is 0 Å². The topological polar surface area (TPSA) is 77.4 Å². The Balaban J connectivity index is 1.84. The molecule has 2 rings (SSSR count). The molecule has 21 heavy (non-hydrogen) atoms. The summed E-state index contributed by atoms with van der Waals surface area (Å²) in [6.07, 6.45) is 1.69. The van der Waals surface area contributed by atoms with E-state index in [9.17, 15) is 14.4 Å². The molecular weight excluding hydrogens is 272 g/mol. The van der Waals surface area contributed by atoms with Crippen molar-refractivity contribution >= 4 is 17.8 Å². The Morgan fingerprint density at radius 1 is 1.10 bits per heavy atom. The van der Waals surface area contributed by atoms with Gasteiger partial charge in [-0.3, -0.25) is 14.9 Å². The average molecular weight is 286 g/mol. The Morgan fingerprint density at radius 2 is 1.81 bits per heavy atom. The van der Waals surface area contributed by atoms with Crippen molar-refractivity contribution < 1.29 is 19.1 Å². The summed E-state index contributed by atoms with van der Waals surface area (Å²) in [5, 5.41) is 2.15. The highest BCUT2D eigenvalue weighted by atomic mass is 16.5. The minimum atomic E-state index is -0.675. The zero-order valence-electron chi connectivity index (χ0n) is 11.4. The first-order valence-corrected chi connectivity index (χ1v) is 6.25. The van der Waals surface area contributed by atoms with Crippen LogP contribution in [0.1, 0.15) is 20.8 Å². The van der Waals surface area contributed by atoms with Gasteiger partial charge < -0.3 is 9.30 Å². The minimum absolute atomic E-state index is 0.345. The zero-order valence-corrected chi connectivity index (χ0v) is 11.4. The molecular formula is C15H14N2O4. The number of nitrogens with one attached hydrogen (secondary N) is 1. The normalized spacial score (nSPS) is 9.95. The number of imide groups is 1. The van der Waals surface area contributed by atoms with Crippen LogP contribution in [0.2, 0.25) is 0 Å². The van der Waals surface area contributed by atoms with Crippen molar-refractivity contribution in [3.05, 3.63) is 59.9 Å². The summed E-state index contributed by atoms with van der Waals surface area (Å²) >= 11 is 0. The fraction of sp³-hybridized carbons (Fsp3) is 0.133. The molecule has 108 valence electrons. The van der Waals surface area contributed by atoms with Crippen molar-refractivity contribution in [2.75, 3.05) is 6.61 Å². The van der Waals surface area contributed by atoms with Crippen LogP contribution in [0.5, 0.6) is 0 Å². The number of aromatic nitrogens is 1. The summed E-state index contributed by atoms with van der Waals surface area (Å²) in [7, 11) is 1.69. The minimum Gasteiger partial charge on any atom is -0.452 e. The summed E-state index contributed by atoms with van der Waals surface area (Å²) in [4.78, 5) is 35.0. The third-order valence-electron chi connectivity index (χ3n) is 2.77. The predicted octanol–water partition coefficient (Wildman–Crippen LogP) is 1.14. The van der Waals surface area contributed by atoms with E-state index < -0.39 is 24.4 Å². The van der Waals surface area contributed by atoms with Crippen molar-refractivity contribution in [2.45, 2.75) is 0 Å². The standard InChI is InChI=1S/C15H14N2O4/c1-17-9-5-8-12(17)14(19)16-13(18)10-21-15(20)11-6-3-2-4-7-11/h2-9H,10H2,1H3,(H,16,18,19). The van der Waals surface area contributed by atoms with Crippen LogP contribution < -0.4 is 5.32 Å². The number of carbonyl (C=O) groups excluding carboxylic acids is 3. The number of nitrogens with zero attached hydrogens (tertiary/aromatic N) is 1. The van der Waals surface area contributed by atoms with Crippen LogP contribution in [0.4, 0.5) is 0 Å². The highest BCUT2D eigenvalue weighted by Gasteiger charge is 2.14. The number of ether oxygens (including phenoxy) is 1. The van der Waals surface area contributed by atoms with E-state index in [1.165, 1.54) is 0 Å². The molecule has 1 aromatic carbocycles. The Morgan fingerprint density at radius 3 is 2.43 bits per heavy atom. The van der Waals surface area contributed by atoms with E-state index in [0.717, 1.165) is 0 Å². The molecule has 6 nitrogen and oxygen atoms in total. The van der Waals surface area contributed by atoms with Gasteiger partial charge in [-0.15, -0.1) is 0 Å². The van der Waals surface area contributed by atoms with E-state index in [1.54, 1.807) is 60.3 Å². The number of carbonyl (C=O) groups is 3. The fourth-order valence-corrected chi connectivity index (χ4v) is 1.71. The SMILES string of the molecule is Cn1cccc1C(=O)NC(=O)COC(=O)c1ccccc1. The third-order valence-corrected chi connectivity index (χ3v) is 2.77. The van der Waals surface area contributed by atoms with Gasteiger partial charge in [0.2, 0.25) is 0 Å². The second-order valence-electron chi connectivity index (χ2n) is 4.32. The molecule has 0 radical (unpaired) electrons. The van der Waals surface area contributed by atoms with E-state index in [1.807, 2.05) is 0 Å². The van der Waals surface area contributed by atoms with Gasteiger partial charge in [-0.1, -0.05) is 18.2 Å². The fourth-order valence-electron chi connectivity index (χ4n) is 1.71.